The van der Waals surface area contributed by atoms with Crippen LogP contribution in [0.5, 0.6) is 0 Å². The van der Waals surface area contributed by atoms with Crippen molar-refractivity contribution in [3.05, 3.63) is 56.1 Å². The molecule has 0 amide bonds. The average Bonchev–Trinajstić information content (AvgIpc) is 2.58. The van der Waals surface area contributed by atoms with Gasteiger partial charge in [0.05, 0.1) is 29.5 Å². The molecule has 0 aliphatic carbocycles. The number of methoxy groups -OCH3 is 1. The monoisotopic (exact) mass is 432 g/mol. The van der Waals surface area contributed by atoms with Crippen molar-refractivity contribution in [3.8, 4) is 11.1 Å². The summed E-state index contributed by atoms with van der Waals surface area (Å²) in [4.78, 5) is 37.3. The summed E-state index contributed by atoms with van der Waals surface area (Å²) >= 11 is 5.97. The third kappa shape index (κ3) is 4.68. The Morgan fingerprint density at radius 1 is 1.29 bits per heavy atom. The fourth-order valence-electron chi connectivity index (χ4n) is 2.74. The van der Waals surface area contributed by atoms with E-state index in [1.54, 1.807) is 0 Å². The molecule has 0 fully saturated rings. The van der Waals surface area contributed by atoms with Crippen LogP contribution >= 0.6 is 11.6 Å². The maximum Gasteiger partial charge on any atom is 0.331 e. The van der Waals surface area contributed by atoms with Crippen LogP contribution in [0.25, 0.3) is 11.1 Å². The number of carbonyl (C=O) groups excluding carboxylic acids is 1. The molecule has 0 aliphatic rings. The molecule has 1 aromatic heterocycles. The van der Waals surface area contributed by atoms with Gasteiger partial charge in [0.1, 0.15) is 22.2 Å². The summed E-state index contributed by atoms with van der Waals surface area (Å²) < 4.78 is 43.3. The highest BCUT2D eigenvalue weighted by atomic mass is 35.5. The number of aromatic nitrogens is 2. The van der Waals surface area contributed by atoms with Gasteiger partial charge in [-0.2, -0.15) is 0 Å². The van der Waals surface area contributed by atoms with Gasteiger partial charge in [0.2, 0.25) is 0 Å². The number of hydrogen-bond acceptors (Lipinski definition) is 6. The molecule has 2 aromatic rings. The molecule has 11 heteroatoms. The fraction of sp³-hybridized carbons (Fsp3) is 0.353. The molecule has 1 heterocycles. The van der Waals surface area contributed by atoms with Gasteiger partial charge in [0.15, 0.2) is 0 Å². The Hall–Kier alpha value is -2.46. The van der Waals surface area contributed by atoms with Gasteiger partial charge in [-0.1, -0.05) is 23.7 Å². The molecule has 0 spiro atoms. The van der Waals surface area contributed by atoms with Crippen LogP contribution in [0.15, 0.2) is 34.0 Å². The van der Waals surface area contributed by atoms with Gasteiger partial charge < -0.3 is 4.74 Å². The number of carbonyl (C=O) groups is 1. The van der Waals surface area contributed by atoms with Crippen molar-refractivity contribution in [2.24, 2.45) is 0 Å². The van der Waals surface area contributed by atoms with Crippen LogP contribution in [0.1, 0.15) is 13.0 Å². The number of benzene rings is 1. The van der Waals surface area contributed by atoms with Crippen LogP contribution in [0.4, 0.5) is 4.39 Å². The lowest BCUT2D eigenvalue weighted by atomic mass is 10.1. The maximum atomic E-state index is 13.9. The van der Waals surface area contributed by atoms with Crippen LogP contribution in [-0.4, -0.2) is 42.6 Å². The number of hydrogen-bond donors (Lipinski definition) is 0. The van der Waals surface area contributed by atoms with Crippen LogP contribution < -0.4 is 11.2 Å². The second kappa shape index (κ2) is 8.27. The molecule has 0 bridgehead atoms. The highest BCUT2D eigenvalue weighted by molar-refractivity contribution is 7.90. The third-order valence-electron chi connectivity index (χ3n) is 3.94. The van der Waals surface area contributed by atoms with E-state index in [0.717, 1.165) is 30.2 Å². The van der Waals surface area contributed by atoms with Crippen molar-refractivity contribution in [1.29, 1.82) is 0 Å². The Balaban J connectivity index is 2.82. The van der Waals surface area contributed by atoms with Crippen molar-refractivity contribution in [1.82, 2.24) is 9.13 Å². The summed E-state index contributed by atoms with van der Waals surface area (Å²) in [5.74, 6) is -2.03. The van der Waals surface area contributed by atoms with Gasteiger partial charge in [-0.25, -0.2) is 17.6 Å². The standard InChI is InChI=1S/C17H18ClFN2O6S/c1-10(9-28(3,25)26)21-16(23)12(11-5-4-6-13(19)15(11)18)7-20(17(21)24)8-14(22)27-2/h4-7,10H,8-9H2,1-3H3. The van der Waals surface area contributed by atoms with Crippen LogP contribution in [0, 0.1) is 5.82 Å². The molecule has 0 radical (unpaired) electrons. The molecule has 0 saturated heterocycles. The maximum absolute atomic E-state index is 13.9. The van der Waals surface area contributed by atoms with Crippen LogP contribution in [0.2, 0.25) is 5.02 Å². The number of nitrogens with zero attached hydrogens (tertiary/aromatic N) is 2. The zero-order valence-electron chi connectivity index (χ0n) is 15.3. The van der Waals surface area contributed by atoms with E-state index < -0.39 is 51.2 Å². The highest BCUT2D eigenvalue weighted by Crippen LogP contribution is 2.27. The number of rotatable bonds is 6. The van der Waals surface area contributed by atoms with E-state index in [9.17, 15) is 27.2 Å². The predicted octanol–water partition coefficient (Wildman–Crippen LogP) is 1.25. The molecule has 1 unspecified atom stereocenters. The minimum Gasteiger partial charge on any atom is -0.468 e. The highest BCUT2D eigenvalue weighted by Gasteiger charge is 2.23. The van der Waals surface area contributed by atoms with Crippen molar-refractivity contribution in [2.75, 3.05) is 19.1 Å². The van der Waals surface area contributed by atoms with E-state index in [1.165, 1.54) is 19.1 Å². The number of esters is 1. The molecule has 8 nitrogen and oxygen atoms in total. The minimum absolute atomic E-state index is 0.00517. The van der Waals surface area contributed by atoms with E-state index in [0.29, 0.717) is 4.57 Å². The van der Waals surface area contributed by atoms with E-state index in [-0.39, 0.29) is 16.1 Å². The van der Waals surface area contributed by atoms with Crippen molar-refractivity contribution >= 4 is 27.4 Å². The Kier molecular flexibility index (Phi) is 6.45. The molecule has 28 heavy (non-hydrogen) atoms. The molecule has 1 atom stereocenters. The first kappa shape index (κ1) is 21.8. The normalized spacial score (nSPS) is 12.6. The zero-order chi connectivity index (χ0) is 21.2. The Bertz CT molecular complexity index is 1140. The van der Waals surface area contributed by atoms with Crippen LogP contribution in [0.3, 0.4) is 0 Å². The molecule has 0 aliphatic heterocycles. The molecule has 0 N–H and O–H groups in total. The van der Waals surface area contributed by atoms with Gasteiger partial charge in [-0.3, -0.25) is 18.7 Å². The second-order valence-corrected chi connectivity index (χ2v) is 8.81. The summed E-state index contributed by atoms with van der Waals surface area (Å²) in [7, 11) is -2.40. The summed E-state index contributed by atoms with van der Waals surface area (Å²) in [5.41, 5.74) is -1.91. The van der Waals surface area contributed by atoms with Crippen LogP contribution in [-0.2, 0) is 25.9 Å². The second-order valence-electron chi connectivity index (χ2n) is 6.25. The molecule has 152 valence electrons. The Morgan fingerprint density at radius 2 is 1.93 bits per heavy atom. The average molecular weight is 433 g/mol. The summed E-state index contributed by atoms with van der Waals surface area (Å²) in [5, 5.41) is -0.342. The fourth-order valence-corrected chi connectivity index (χ4v) is 3.99. The minimum atomic E-state index is -3.52. The predicted molar refractivity (Wildman–Crippen MR) is 102 cm³/mol. The number of ether oxygens (including phenoxy) is 1. The van der Waals surface area contributed by atoms with Crippen molar-refractivity contribution in [2.45, 2.75) is 19.5 Å². The Labute approximate surface area is 165 Å². The topological polar surface area (TPSA) is 104 Å². The van der Waals surface area contributed by atoms with Gasteiger partial charge in [0, 0.05) is 18.0 Å². The summed E-state index contributed by atoms with van der Waals surface area (Å²) in [6, 6.07) is 2.77. The largest absolute Gasteiger partial charge is 0.468 e. The van der Waals surface area contributed by atoms with Gasteiger partial charge in [0.25, 0.3) is 5.56 Å². The number of sulfone groups is 1. The molecule has 0 saturated carbocycles. The van der Waals surface area contributed by atoms with Gasteiger partial charge in [-0.05, 0) is 13.0 Å². The number of halogens is 2. The summed E-state index contributed by atoms with van der Waals surface area (Å²) in [6.45, 7) is 0.852. The lowest BCUT2D eigenvalue weighted by Gasteiger charge is -2.18. The SMILES string of the molecule is COC(=O)Cn1cc(-c2cccc(F)c2Cl)c(=O)n(C(C)CS(C)(=O)=O)c1=O. The van der Waals surface area contributed by atoms with Crippen molar-refractivity contribution < 1.29 is 22.3 Å². The first-order valence-corrected chi connectivity index (χ1v) is 10.4. The summed E-state index contributed by atoms with van der Waals surface area (Å²) in [6.07, 6.45) is 2.04. The lowest BCUT2D eigenvalue weighted by molar-refractivity contribution is -0.141. The van der Waals surface area contributed by atoms with Gasteiger partial charge in [-0.15, -0.1) is 0 Å². The van der Waals surface area contributed by atoms with Crippen molar-refractivity contribution in [3.63, 3.8) is 0 Å². The first-order chi connectivity index (χ1) is 13.0. The Morgan fingerprint density at radius 3 is 2.50 bits per heavy atom. The molecule has 1 aromatic carbocycles. The zero-order valence-corrected chi connectivity index (χ0v) is 16.9. The first-order valence-electron chi connectivity index (χ1n) is 8.01. The quantitative estimate of drug-likeness (QED) is 0.636. The molecular formula is C17H18ClFN2O6S. The van der Waals surface area contributed by atoms with E-state index in [4.69, 9.17) is 11.6 Å². The third-order valence-corrected chi connectivity index (χ3v) is 5.41. The smallest absolute Gasteiger partial charge is 0.331 e. The van der Waals surface area contributed by atoms with E-state index in [2.05, 4.69) is 4.74 Å². The lowest BCUT2D eigenvalue weighted by Crippen LogP contribution is -2.44. The van der Waals surface area contributed by atoms with E-state index >= 15 is 0 Å². The molecular weight excluding hydrogens is 415 g/mol. The van der Waals surface area contributed by atoms with E-state index in [1.807, 2.05) is 0 Å². The van der Waals surface area contributed by atoms with Gasteiger partial charge >= 0.3 is 11.7 Å². The molecule has 2 rings (SSSR count).